The molecule has 6 unspecified atom stereocenters. The molecule has 7 heterocycles. The number of benzene rings is 5. The van der Waals surface area contributed by atoms with Gasteiger partial charge in [0.1, 0.15) is 51.8 Å². The van der Waals surface area contributed by atoms with Crippen molar-refractivity contribution in [2.24, 2.45) is 51.8 Å². The molecule has 149 heavy (non-hydrogen) atoms. The summed E-state index contributed by atoms with van der Waals surface area (Å²) >= 11 is 0. The highest BCUT2D eigenvalue weighted by molar-refractivity contribution is 6.08. The molecule has 762 valence electrons. The number of halogens is 6. The van der Waals surface area contributed by atoms with Crippen LogP contribution in [0, 0.1) is 101 Å². The number of pyridine rings is 4. The van der Waals surface area contributed by atoms with Gasteiger partial charge in [0.2, 0.25) is 0 Å². The first-order valence-corrected chi connectivity index (χ1v) is 51.8. The summed E-state index contributed by atoms with van der Waals surface area (Å²) in [5.74, 6) is -1.56. The molecule has 7 aromatic heterocycles. The Labute approximate surface area is 863 Å². The second-order valence-electron chi connectivity index (χ2n) is 41.9. The zero-order chi connectivity index (χ0) is 104. The topological polar surface area (TPSA) is 303 Å². The van der Waals surface area contributed by atoms with Crippen LogP contribution in [0.15, 0.2) is 253 Å². The lowest BCUT2D eigenvalue weighted by molar-refractivity contribution is 0.100. The maximum Gasteiger partial charge on any atom is 0.262 e. The fraction of sp³-hybridized carbons (Fsp3) is 0.339. The van der Waals surface area contributed by atoms with Crippen molar-refractivity contribution in [3.63, 3.8) is 0 Å². The normalized spacial score (nSPS) is 20.1. The van der Waals surface area contributed by atoms with Gasteiger partial charge in [-0.25, -0.2) is 56.2 Å². The van der Waals surface area contributed by atoms with Crippen molar-refractivity contribution >= 4 is 104 Å². The zero-order valence-electron chi connectivity index (χ0n) is 84.9. The first kappa shape index (κ1) is 102. The van der Waals surface area contributed by atoms with Gasteiger partial charge in [0, 0.05) is 29.7 Å². The molecule has 12 aliphatic rings. The summed E-state index contributed by atoms with van der Waals surface area (Å²) < 4.78 is 82.0. The van der Waals surface area contributed by atoms with Crippen molar-refractivity contribution in [1.29, 1.82) is 0 Å². The zero-order valence-corrected chi connectivity index (χ0v) is 84.9. The highest BCUT2D eigenvalue weighted by Gasteiger charge is 2.52. The predicted octanol–water partition coefficient (Wildman–Crippen LogP) is 27.9. The van der Waals surface area contributed by atoms with Crippen LogP contribution in [0.3, 0.4) is 0 Å². The number of hydrogen-bond acceptors (Lipinski definition) is 16. The van der Waals surface area contributed by atoms with Crippen LogP contribution in [0.1, 0.15) is 303 Å². The van der Waals surface area contributed by atoms with Crippen molar-refractivity contribution in [1.82, 2.24) is 49.8 Å². The highest BCUT2D eigenvalue weighted by atomic mass is 19.2. The molecule has 6 atom stereocenters. The van der Waals surface area contributed by atoms with E-state index >= 15 is 0 Å². The van der Waals surface area contributed by atoms with E-state index in [-0.39, 0.29) is 34.6 Å². The smallest absolute Gasteiger partial charge is 0.262 e. The minimum absolute atomic E-state index is 0.00322. The van der Waals surface area contributed by atoms with Crippen molar-refractivity contribution < 1.29 is 55.1 Å². The van der Waals surface area contributed by atoms with E-state index in [1.165, 1.54) is 244 Å². The number of anilines is 6. The SMILES string of the molecule is CC1=C(c2ccc(NC(=O)c3c(F)cccc3F)nc2)C2(CC1)CC2.CC1=C(c2ccc(NC(=O)c3ccccc3C)nc2)C2(CC1)CC2.CC1=C(c2ccc(NC(=O)c3ccccc3F)nc2)C2(CC1)CC2.CC1=C(c2cnc(NC(=O)c3c(F)cncc3F)cn2)C2CCCC2C1.CC1=C(c2cnc(NC(=O)c3ccccc3C)cn2)C2CCCC2C1.CC1=C(c2cnc(NC(=O)c3ccccc3F)cn2)C2CCCC2C1. The third-order valence-electron chi connectivity index (χ3n) is 32.2. The number of allylic oxidation sites excluding steroid dienone is 12. The summed E-state index contributed by atoms with van der Waals surface area (Å²) in [5.41, 5.74) is 26.2. The summed E-state index contributed by atoms with van der Waals surface area (Å²) in [7, 11) is 0. The molecule has 0 saturated heterocycles. The Balaban J connectivity index is 0.000000112. The first-order chi connectivity index (χ1) is 72.0. The van der Waals surface area contributed by atoms with Crippen LogP contribution in [-0.2, 0) is 0 Å². The molecule has 0 aliphatic heterocycles. The van der Waals surface area contributed by atoms with Crippen LogP contribution in [0.25, 0.3) is 33.4 Å². The number of hydrogen-bond donors (Lipinski definition) is 6. The van der Waals surface area contributed by atoms with E-state index in [0.29, 0.717) is 74.3 Å². The largest absolute Gasteiger partial charge is 0.307 e. The van der Waals surface area contributed by atoms with Crippen molar-refractivity contribution in [2.45, 2.75) is 209 Å². The van der Waals surface area contributed by atoms with E-state index in [4.69, 9.17) is 0 Å². The number of aromatic nitrogens is 10. The average molecular weight is 2010 g/mol. The maximum absolute atomic E-state index is 13.7. The van der Waals surface area contributed by atoms with E-state index in [1.54, 1.807) is 67.4 Å². The number of amides is 6. The molecule has 22 nitrogen and oxygen atoms in total. The Kier molecular flexibility index (Phi) is 30.3. The van der Waals surface area contributed by atoms with Crippen LogP contribution in [0.5, 0.6) is 0 Å². The Morgan fingerprint density at radius 3 is 0.846 bits per heavy atom. The van der Waals surface area contributed by atoms with Gasteiger partial charge in [-0.2, -0.15) is 0 Å². The van der Waals surface area contributed by atoms with Crippen molar-refractivity contribution in [3.05, 3.63) is 366 Å². The third kappa shape index (κ3) is 22.5. The van der Waals surface area contributed by atoms with E-state index < -0.39 is 69.7 Å². The Morgan fingerprint density at radius 2 is 0.544 bits per heavy atom. The fourth-order valence-electron chi connectivity index (χ4n) is 24.5. The Morgan fingerprint density at radius 1 is 0.262 bits per heavy atom. The summed E-state index contributed by atoms with van der Waals surface area (Å²) in [4.78, 5) is 116. The minimum Gasteiger partial charge on any atom is -0.307 e. The molecule has 0 bridgehead atoms. The molecule has 0 radical (unpaired) electrons. The number of fused-ring (bicyclic) bond motifs is 3. The second kappa shape index (κ2) is 44.1. The molecular weight excluding hydrogens is 1890 g/mol. The number of carbonyl (C=O) groups excluding carboxylic acids is 6. The van der Waals surface area contributed by atoms with Crippen molar-refractivity contribution in [3.8, 4) is 0 Å². The molecule has 24 rings (SSSR count). The monoisotopic (exact) mass is 2010 g/mol. The fourth-order valence-corrected chi connectivity index (χ4v) is 24.5. The van der Waals surface area contributed by atoms with Gasteiger partial charge in [-0.15, -0.1) is 0 Å². The standard InChI is InChI=1S/C21H23N3O.C21H22N2O.C20H18F2N2O.C20H20FN3O.C20H19FN2O.C19H18F2N4O/c1-13-6-3-4-8-16(13)21(25)24-19-12-22-18(11-23-19)20-14(2)10-15-7-5-9-17(15)20;1-14-5-3-4-6-17(14)20(24)23-18-8-7-16(13-22-18)19-15(2)9-10-21(19)11-12-21;1-12-7-8-20(9-10-20)18(12)13-5-6-16(23-11-13)24-19(25)17-14(21)3-2-4-15(17)22;1-12-9-13-5-4-7-14(13)19(12)17-10-23-18(11-22-17)24-20(25)15-6-2-3-8-16(15)21;1-13-8-9-20(10-11-20)18(13)14-6-7-17(22-12-14)23-19(24)15-4-2-3-5-16(15)21;1-10-5-11-3-2-4-12(11)17(10)15-8-24-16(9-23-15)25-19(26)18-13(20)6-22-7-14(18)21/h3-4,6,8,11-12,15,17H,5,7,9-10H2,1-2H3,(H,23,24,25);3-8,13H,9-12H2,1-2H3,(H,22,23,24);2-6,11H,7-10H2,1H3,(H,23,24,25);2-3,6,8,10-11,13-14H,4-5,7,9H2,1H3,(H,23,24,25);2-7,12H,8-11H2,1H3,(H,22,23,24);6-9,11-12H,2-5H2,1H3,(H,24,25,26). The first-order valence-electron chi connectivity index (χ1n) is 51.8. The lowest BCUT2D eigenvalue weighted by atomic mass is 9.92. The molecule has 6 fully saturated rings. The lowest BCUT2D eigenvalue weighted by Gasteiger charge is -2.14. The number of nitrogens with zero attached hydrogens (tertiary/aromatic N) is 10. The van der Waals surface area contributed by atoms with Crippen LogP contribution in [-0.4, -0.2) is 85.3 Å². The Hall–Kier alpha value is -15.2. The van der Waals surface area contributed by atoms with Gasteiger partial charge in [0.05, 0.1) is 77.8 Å². The second-order valence-corrected chi connectivity index (χ2v) is 41.9. The van der Waals surface area contributed by atoms with Crippen LogP contribution < -0.4 is 31.9 Å². The van der Waals surface area contributed by atoms with Crippen LogP contribution >= 0.6 is 0 Å². The number of nitrogens with one attached hydrogen (secondary N) is 6. The molecule has 5 aromatic carbocycles. The molecule has 12 aliphatic carbocycles. The van der Waals surface area contributed by atoms with Crippen LogP contribution in [0.2, 0.25) is 0 Å². The van der Waals surface area contributed by atoms with Gasteiger partial charge in [0.25, 0.3) is 35.4 Å². The summed E-state index contributed by atoms with van der Waals surface area (Å²) in [6, 6.07) is 41.7. The maximum atomic E-state index is 13.7. The lowest BCUT2D eigenvalue weighted by Crippen LogP contribution is -2.17. The van der Waals surface area contributed by atoms with Gasteiger partial charge in [-0.3, -0.25) is 48.7 Å². The Bertz CT molecular complexity index is 7050. The number of rotatable bonds is 18. The quantitative estimate of drug-likeness (QED) is 0.0435. The van der Waals surface area contributed by atoms with Gasteiger partial charge < -0.3 is 31.9 Å². The molecule has 12 aromatic rings. The predicted molar refractivity (Wildman–Crippen MR) is 567 cm³/mol. The third-order valence-corrected chi connectivity index (χ3v) is 32.2. The molecular formula is C121H120F6N16O6. The van der Waals surface area contributed by atoms with Crippen LogP contribution in [0.4, 0.5) is 61.2 Å². The molecule has 28 heteroatoms. The number of aryl methyl sites for hydroxylation is 2. The van der Waals surface area contributed by atoms with Gasteiger partial charge in [-0.1, -0.05) is 119 Å². The van der Waals surface area contributed by atoms with Gasteiger partial charge in [-0.05, 0) is 388 Å². The van der Waals surface area contributed by atoms with E-state index in [0.717, 1.165) is 95.0 Å². The summed E-state index contributed by atoms with van der Waals surface area (Å²) in [5, 5.41) is 15.8. The van der Waals surface area contributed by atoms with Gasteiger partial charge >= 0.3 is 0 Å². The summed E-state index contributed by atoms with van der Waals surface area (Å²) in [6.07, 6.45) is 46.6. The molecule has 3 spiro atoms. The summed E-state index contributed by atoms with van der Waals surface area (Å²) in [6.45, 7) is 17.0. The minimum atomic E-state index is -1.02. The molecule has 6 N–H and O–H groups in total. The average Bonchev–Trinajstić information content (AvgIpc) is 1.58. The van der Waals surface area contributed by atoms with E-state index in [2.05, 4.69) is 129 Å². The van der Waals surface area contributed by atoms with Crippen molar-refractivity contribution in [2.75, 3.05) is 31.9 Å². The molecule has 6 saturated carbocycles. The highest BCUT2D eigenvalue weighted by Crippen LogP contribution is 2.67. The molecule has 6 amide bonds. The van der Waals surface area contributed by atoms with E-state index in [9.17, 15) is 55.1 Å². The number of carbonyl (C=O) groups is 6. The van der Waals surface area contributed by atoms with Gasteiger partial charge in [0.15, 0.2) is 29.1 Å². The van der Waals surface area contributed by atoms with E-state index in [1.807, 2.05) is 99.2 Å².